The van der Waals surface area contributed by atoms with Crippen LogP contribution < -0.4 is 0 Å². The molecule has 0 aliphatic rings. The molecule has 1 heterocycles. The molecule has 0 aliphatic carbocycles. The van der Waals surface area contributed by atoms with Gasteiger partial charge in [0.2, 0.25) is 0 Å². The number of hydrogen-bond acceptors (Lipinski definition) is 6. The van der Waals surface area contributed by atoms with Crippen LogP contribution in [0.25, 0.3) is 0 Å². The number of carbonyl (C=O) groups is 2. The first kappa shape index (κ1) is 19.3. The maximum Gasteiger partial charge on any atom is 0.509 e. The van der Waals surface area contributed by atoms with E-state index in [9.17, 15) is 9.59 Å². The van der Waals surface area contributed by atoms with Crippen LogP contribution in [0.2, 0.25) is 0 Å². The molecule has 0 aromatic carbocycles. The topological polar surface area (TPSA) is 65.1 Å². The van der Waals surface area contributed by atoms with Gasteiger partial charge < -0.3 is 19.1 Å². The molecule has 6 nitrogen and oxygen atoms in total. The summed E-state index contributed by atoms with van der Waals surface area (Å²) in [5.41, 5.74) is 0. The lowest BCUT2D eigenvalue weighted by atomic mass is 10.2. The summed E-state index contributed by atoms with van der Waals surface area (Å²) >= 11 is 1.50. The predicted octanol–water partition coefficient (Wildman–Crippen LogP) is 4.22. The van der Waals surface area contributed by atoms with Crippen LogP contribution in [0.3, 0.4) is 0 Å². The van der Waals surface area contributed by atoms with E-state index < -0.39 is 18.4 Å². The number of nitrogens with zero attached hydrogens (tertiary/aromatic N) is 1. The maximum absolute atomic E-state index is 11.8. The predicted molar refractivity (Wildman–Crippen MR) is 88.6 cm³/mol. The van der Waals surface area contributed by atoms with Crippen molar-refractivity contribution in [3.8, 4) is 0 Å². The van der Waals surface area contributed by atoms with Crippen LogP contribution in [-0.4, -0.2) is 42.9 Å². The van der Waals surface area contributed by atoms with Gasteiger partial charge in [0.1, 0.15) is 6.10 Å². The average Bonchev–Trinajstić information content (AvgIpc) is 2.95. The minimum absolute atomic E-state index is 0.171. The summed E-state index contributed by atoms with van der Waals surface area (Å²) in [5.74, 6) is 0. The number of ether oxygens (including phenoxy) is 3. The normalized spacial score (nSPS) is 12.1. The lowest BCUT2D eigenvalue weighted by Crippen LogP contribution is -2.31. The molecule has 0 radical (unpaired) electrons. The van der Waals surface area contributed by atoms with Gasteiger partial charge in [-0.3, -0.25) is 0 Å². The van der Waals surface area contributed by atoms with Gasteiger partial charge >= 0.3 is 12.2 Å². The van der Waals surface area contributed by atoms with Gasteiger partial charge in [-0.1, -0.05) is 6.07 Å². The zero-order valence-electron chi connectivity index (χ0n) is 14.3. The summed E-state index contributed by atoms with van der Waals surface area (Å²) in [6.45, 7) is 7.52. The first-order chi connectivity index (χ1) is 10.8. The Morgan fingerprint density at radius 3 is 2.30 bits per heavy atom. The van der Waals surface area contributed by atoms with Crippen molar-refractivity contribution in [2.24, 2.45) is 0 Å². The highest BCUT2D eigenvalue weighted by Gasteiger charge is 2.21. The molecule has 1 rings (SSSR count). The number of carbonyl (C=O) groups excluding carboxylic acids is 2. The Labute approximate surface area is 141 Å². The van der Waals surface area contributed by atoms with Crippen LogP contribution >= 0.6 is 11.3 Å². The van der Waals surface area contributed by atoms with Crippen LogP contribution in [0.1, 0.15) is 45.1 Å². The second kappa shape index (κ2) is 9.39. The van der Waals surface area contributed by atoms with Crippen molar-refractivity contribution in [3.05, 3.63) is 22.4 Å². The monoisotopic (exact) mass is 343 g/mol. The molecule has 0 saturated carbocycles. The molecule has 0 N–H and O–H groups in total. The Kier molecular flexibility index (Phi) is 7.88. The average molecular weight is 343 g/mol. The smallest absolute Gasteiger partial charge is 0.447 e. The molecule has 1 amide bonds. The third kappa shape index (κ3) is 7.36. The molecule has 130 valence electrons. The third-order valence-corrected chi connectivity index (χ3v) is 3.77. The van der Waals surface area contributed by atoms with Crippen LogP contribution in [0, 0.1) is 0 Å². The minimum Gasteiger partial charge on any atom is -0.447 e. The molecular weight excluding hydrogens is 318 g/mol. The van der Waals surface area contributed by atoms with E-state index in [1.807, 2.05) is 17.5 Å². The summed E-state index contributed by atoms with van der Waals surface area (Å²) < 4.78 is 15.5. The Hall–Kier alpha value is -1.76. The standard InChI is InChI=1S/C16H25NO5S/c1-11(2)20-15(18)17(5)9-8-13(14-7-6-10-23-14)22-16(19)21-12(3)4/h6-7,10-13H,8-9H2,1-5H3/t13-/m0/s1. The lowest BCUT2D eigenvalue weighted by molar-refractivity contribution is 0.00261. The molecule has 0 bridgehead atoms. The molecule has 1 aromatic heterocycles. The second-order valence-corrected chi connectivity index (χ2v) is 6.66. The highest BCUT2D eigenvalue weighted by Crippen LogP contribution is 2.26. The van der Waals surface area contributed by atoms with E-state index in [1.165, 1.54) is 16.2 Å². The first-order valence-electron chi connectivity index (χ1n) is 7.62. The molecule has 0 saturated heterocycles. The molecule has 0 aliphatic heterocycles. The lowest BCUT2D eigenvalue weighted by Gasteiger charge is -2.22. The number of rotatable bonds is 7. The summed E-state index contributed by atoms with van der Waals surface area (Å²) in [6, 6.07) is 3.78. The minimum atomic E-state index is -0.703. The third-order valence-electron chi connectivity index (χ3n) is 2.81. The van der Waals surface area contributed by atoms with Gasteiger partial charge in [-0.15, -0.1) is 11.3 Å². The van der Waals surface area contributed by atoms with Gasteiger partial charge in [-0.2, -0.15) is 0 Å². The molecule has 0 spiro atoms. The molecule has 1 atom stereocenters. The highest BCUT2D eigenvalue weighted by atomic mass is 32.1. The van der Waals surface area contributed by atoms with Gasteiger partial charge in [-0.05, 0) is 39.1 Å². The van der Waals surface area contributed by atoms with Crippen LogP contribution in [0.4, 0.5) is 9.59 Å². The fourth-order valence-corrected chi connectivity index (χ4v) is 2.55. The van der Waals surface area contributed by atoms with E-state index in [1.54, 1.807) is 34.7 Å². The van der Waals surface area contributed by atoms with Crippen molar-refractivity contribution in [2.45, 2.75) is 52.4 Å². The van der Waals surface area contributed by atoms with Crippen LogP contribution in [-0.2, 0) is 14.2 Å². The zero-order valence-corrected chi connectivity index (χ0v) is 15.1. The van der Waals surface area contributed by atoms with E-state index in [0.29, 0.717) is 13.0 Å². The number of amides is 1. The second-order valence-electron chi connectivity index (χ2n) is 5.68. The zero-order chi connectivity index (χ0) is 17.4. The molecule has 1 aromatic rings. The van der Waals surface area contributed by atoms with Crippen molar-refractivity contribution in [2.75, 3.05) is 13.6 Å². The van der Waals surface area contributed by atoms with Gasteiger partial charge in [0.15, 0.2) is 0 Å². The van der Waals surface area contributed by atoms with Gasteiger partial charge in [-0.25, -0.2) is 9.59 Å². The van der Waals surface area contributed by atoms with Crippen molar-refractivity contribution in [1.29, 1.82) is 0 Å². The van der Waals surface area contributed by atoms with Gasteiger partial charge in [0.05, 0.1) is 12.2 Å². The Balaban J connectivity index is 2.60. The number of hydrogen-bond donors (Lipinski definition) is 0. The largest absolute Gasteiger partial charge is 0.509 e. The van der Waals surface area contributed by atoms with Crippen molar-refractivity contribution in [1.82, 2.24) is 4.90 Å². The Morgan fingerprint density at radius 1 is 1.13 bits per heavy atom. The first-order valence-corrected chi connectivity index (χ1v) is 8.50. The fraction of sp³-hybridized carbons (Fsp3) is 0.625. The van der Waals surface area contributed by atoms with E-state index in [4.69, 9.17) is 14.2 Å². The van der Waals surface area contributed by atoms with E-state index in [-0.39, 0.29) is 12.2 Å². The number of thiophene rings is 1. The Morgan fingerprint density at radius 2 is 1.78 bits per heavy atom. The molecular formula is C16H25NO5S. The summed E-state index contributed by atoms with van der Waals surface area (Å²) in [7, 11) is 1.66. The Bertz CT molecular complexity index is 487. The van der Waals surface area contributed by atoms with Crippen LogP contribution in [0.5, 0.6) is 0 Å². The SMILES string of the molecule is CC(C)OC(=O)O[C@@H](CCN(C)C(=O)OC(C)C)c1cccs1. The molecule has 0 unspecified atom stereocenters. The maximum atomic E-state index is 11.8. The van der Waals surface area contributed by atoms with E-state index >= 15 is 0 Å². The fourth-order valence-electron chi connectivity index (χ4n) is 1.76. The van der Waals surface area contributed by atoms with Gasteiger partial charge in [0, 0.05) is 24.9 Å². The van der Waals surface area contributed by atoms with Crippen molar-refractivity contribution >= 4 is 23.6 Å². The molecule has 0 fully saturated rings. The highest BCUT2D eigenvalue weighted by molar-refractivity contribution is 7.10. The van der Waals surface area contributed by atoms with Crippen molar-refractivity contribution in [3.63, 3.8) is 0 Å². The van der Waals surface area contributed by atoms with Crippen LogP contribution in [0.15, 0.2) is 17.5 Å². The molecule has 7 heteroatoms. The summed E-state index contributed by atoms with van der Waals surface area (Å²) in [6.07, 6.45) is -1.49. The van der Waals surface area contributed by atoms with E-state index in [0.717, 1.165) is 4.88 Å². The van der Waals surface area contributed by atoms with E-state index in [2.05, 4.69) is 0 Å². The summed E-state index contributed by atoms with van der Waals surface area (Å²) in [4.78, 5) is 25.9. The van der Waals surface area contributed by atoms with Crippen molar-refractivity contribution < 1.29 is 23.8 Å². The molecule has 23 heavy (non-hydrogen) atoms. The summed E-state index contributed by atoms with van der Waals surface area (Å²) in [5, 5.41) is 1.91. The van der Waals surface area contributed by atoms with Gasteiger partial charge in [0.25, 0.3) is 0 Å². The quantitative estimate of drug-likeness (QED) is 0.694.